The lowest BCUT2D eigenvalue weighted by molar-refractivity contribution is 0.131. The monoisotopic (exact) mass is 595 g/mol. The van der Waals surface area contributed by atoms with E-state index >= 15 is 0 Å². The first-order valence-corrected chi connectivity index (χ1v) is 18.0. The Morgan fingerprint density at radius 1 is 0.756 bits per heavy atom. The van der Waals surface area contributed by atoms with Gasteiger partial charge in [-0.3, -0.25) is 16.0 Å². The Kier molecular flexibility index (Phi) is 6.78. The third-order valence-electron chi connectivity index (χ3n) is 13.1. The van der Waals surface area contributed by atoms with Crippen molar-refractivity contribution < 1.29 is 0 Å². The second-order valence-corrected chi connectivity index (χ2v) is 15.6. The van der Waals surface area contributed by atoms with E-state index in [1.165, 1.54) is 56.1 Å². The molecule has 1 aliphatic heterocycles. The van der Waals surface area contributed by atoms with Gasteiger partial charge in [-0.2, -0.15) is 0 Å². The molecule has 6 aliphatic carbocycles. The highest BCUT2D eigenvalue weighted by Gasteiger charge is 2.57. The summed E-state index contributed by atoms with van der Waals surface area (Å²) in [6.07, 6.45) is 25.6. The fourth-order valence-corrected chi connectivity index (χ4v) is 10.9. The summed E-state index contributed by atoms with van der Waals surface area (Å²) < 4.78 is 0. The average Bonchev–Trinajstić information content (AvgIpc) is 3.49. The zero-order chi connectivity index (χ0) is 30.2. The Balaban J connectivity index is 1.11. The molecule has 0 radical (unpaired) electrons. The average molecular weight is 596 g/mol. The molecule has 2 aromatic rings. The molecule has 3 nitrogen and oxygen atoms in total. The summed E-state index contributed by atoms with van der Waals surface area (Å²) in [6, 6.07) is 20.4. The van der Waals surface area contributed by atoms with Crippen LogP contribution in [0.5, 0.6) is 0 Å². The largest absolute Gasteiger partial charge is 0.279 e. The minimum atomic E-state index is 0.115. The molecule has 1 saturated heterocycles. The summed E-state index contributed by atoms with van der Waals surface area (Å²) in [5.41, 5.74) is 13.3. The van der Waals surface area contributed by atoms with Crippen molar-refractivity contribution in [2.45, 2.75) is 108 Å². The topological polar surface area (TPSA) is 36.1 Å². The third-order valence-corrected chi connectivity index (χ3v) is 13.1. The molecule has 1 spiro atoms. The zero-order valence-corrected chi connectivity index (χ0v) is 27.1. The van der Waals surface area contributed by atoms with Crippen LogP contribution in [0.25, 0.3) is 0 Å². The van der Waals surface area contributed by atoms with Gasteiger partial charge < -0.3 is 0 Å². The van der Waals surface area contributed by atoms with Gasteiger partial charge in [0, 0.05) is 11.3 Å². The first-order chi connectivity index (χ1) is 22.0. The lowest BCUT2D eigenvalue weighted by Crippen LogP contribution is -2.64. The van der Waals surface area contributed by atoms with Crippen molar-refractivity contribution >= 4 is 0 Å². The highest BCUT2D eigenvalue weighted by atomic mass is 15.4. The number of fused-ring (bicyclic) bond motifs is 7. The lowest BCUT2D eigenvalue weighted by Gasteiger charge is -2.46. The van der Waals surface area contributed by atoms with Crippen molar-refractivity contribution in [3.8, 4) is 0 Å². The molecule has 0 aromatic heterocycles. The summed E-state index contributed by atoms with van der Waals surface area (Å²) >= 11 is 0. The predicted molar refractivity (Wildman–Crippen MR) is 184 cm³/mol. The normalized spacial score (nSPS) is 34.3. The number of allylic oxidation sites excluding steroid dienone is 8. The smallest absolute Gasteiger partial charge is 0.0864 e. The van der Waals surface area contributed by atoms with Crippen LogP contribution in [0.3, 0.4) is 0 Å². The summed E-state index contributed by atoms with van der Waals surface area (Å²) in [7, 11) is 0. The Bertz CT molecular complexity index is 1650. The maximum absolute atomic E-state index is 4.05. The first-order valence-electron chi connectivity index (χ1n) is 18.0. The standard InChI is InChI=1S/C42H49N3/c1-41(2)34-19-11-10-18-30(34)32-25-33-31-21-20-29(24-36(31)42(22-12-5-13-23-42)37(33)26-35(32)41)40-44-38(27-14-6-3-7-15-27)43-39(45-40)28-16-8-4-9-17-28/h3-4,6-8,10-11,14-16,18-19,24-25,32,35,37-40,43-45H,5,9,12-13,17,20-23,26H2,1-2H3. The quantitative estimate of drug-likeness (QED) is 0.331. The second-order valence-electron chi connectivity index (χ2n) is 15.6. The first kappa shape index (κ1) is 28.3. The van der Waals surface area contributed by atoms with Crippen molar-refractivity contribution in [2.75, 3.05) is 0 Å². The summed E-state index contributed by atoms with van der Waals surface area (Å²) in [5, 5.41) is 12.0. The van der Waals surface area contributed by atoms with E-state index in [9.17, 15) is 0 Å². The van der Waals surface area contributed by atoms with Gasteiger partial charge >= 0.3 is 0 Å². The minimum Gasteiger partial charge on any atom is -0.279 e. The van der Waals surface area contributed by atoms with Gasteiger partial charge in [0.1, 0.15) is 0 Å². The van der Waals surface area contributed by atoms with Crippen LogP contribution in [0.2, 0.25) is 0 Å². The highest BCUT2D eigenvalue weighted by Crippen LogP contribution is 2.67. The Morgan fingerprint density at radius 3 is 2.31 bits per heavy atom. The molecule has 2 fully saturated rings. The van der Waals surface area contributed by atoms with Crippen molar-refractivity contribution in [3.63, 3.8) is 0 Å². The molecule has 0 bridgehead atoms. The Morgan fingerprint density at radius 2 is 1.51 bits per heavy atom. The summed E-state index contributed by atoms with van der Waals surface area (Å²) in [6.45, 7) is 5.07. The number of benzene rings is 2. The van der Waals surface area contributed by atoms with Gasteiger partial charge in [0.15, 0.2) is 0 Å². The van der Waals surface area contributed by atoms with E-state index in [-0.39, 0.29) is 23.9 Å². The molecular formula is C42H49N3. The molecule has 3 heteroatoms. The highest BCUT2D eigenvalue weighted by molar-refractivity contribution is 5.60. The molecule has 3 N–H and O–H groups in total. The van der Waals surface area contributed by atoms with E-state index in [4.69, 9.17) is 0 Å². The minimum absolute atomic E-state index is 0.115. The van der Waals surface area contributed by atoms with Crippen molar-refractivity contribution in [2.24, 2.45) is 17.3 Å². The van der Waals surface area contributed by atoms with E-state index in [2.05, 4.69) is 115 Å². The van der Waals surface area contributed by atoms with Gasteiger partial charge in [0.2, 0.25) is 0 Å². The van der Waals surface area contributed by atoms with E-state index < -0.39 is 0 Å². The van der Waals surface area contributed by atoms with Crippen LogP contribution < -0.4 is 16.0 Å². The number of nitrogens with one attached hydrogen (secondary N) is 3. The maximum Gasteiger partial charge on any atom is 0.0864 e. The number of hydrogen-bond acceptors (Lipinski definition) is 3. The Labute approximate surface area is 270 Å². The molecule has 2 aromatic carbocycles. The molecule has 6 unspecified atom stereocenters. The van der Waals surface area contributed by atoms with Gasteiger partial charge in [0.05, 0.1) is 18.5 Å². The molecule has 0 amide bonds. The van der Waals surface area contributed by atoms with E-state index in [0.717, 1.165) is 19.3 Å². The van der Waals surface area contributed by atoms with Crippen LogP contribution in [-0.4, -0.2) is 12.3 Å². The Hall–Kier alpha value is -2.98. The molecule has 6 atom stereocenters. The van der Waals surface area contributed by atoms with Crippen LogP contribution in [-0.2, 0) is 5.41 Å². The number of rotatable bonds is 3. The summed E-state index contributed by atoms with van der Waals surface area (Å²) in [5.74, 6) is 1.95. The van der Waals surface area contributed by atoms with Gasteiger partial charge in [-0.15, -0.1) is 0 Å². The lowest BCUT2D eigenvalue weighted by atomic mass is 9.57. The maximum atomic E-state index is 4.05. The fraction of sp³-hybridized carbons (Fsp3) is 0.476. The second kappa shape index (κ2) is 10.8. The van der Waals surface area contributed by atoms with Crippen LogP contribution in [0.1, 0.15) is 107 Å². The molecule has 45 heavy (non-hydrogen) atoms. The van der Waals surface area contributed by atoms with Gasteiger partial charge in [-0.05, 0) is 107 Å². The van der Waals surface area contributed by atoms with E-state index in [1.807, 2.05) is 0 Å². The molecular weight excluding hydrogens is 546 g/mol. The summed E-state index contributed by atoms with van der Waals surface area (Å²) in [4.78, 5) is 0. The van der Waals surface area contributed by atoms with Crippen LogP contribution >= 0.6 is 0 Å². The SMILES string of the molecule is CC1(C)c2ccccc2C2C=C3C4=C(C=C(C5NC(C6=CC=CCC6)NC(c6ccccc6)N5)CC4)C4(CCCCC4)C3CC21. The predicted octanol–water partition coefficient (Wildman–Crippen LogP) is 9.01. The molecule has 7 aliphatic rings. The molecule has 9 rings (SSSR count). The number of hydrogen-bond donors (Lipinski definition) is 3. The van der Waals surface area contributed by atoms with Gasteiger partial charge in [-0.1, -0.05) is 118 Å². The van der Waals surface area contributed by atoms with E-state index in [0.29, 0.717) is 23.2 Å². The van der Waals surface area contributed by atoms with Crippen molar-refractivity contribution in [1.29, 1.82) is 0 Å². The molecule has 1 saturated carbocycles. The van der Waals surface area contributed by atoms with Gasteiger partial charge in [0.25, 0.3) is 0 Å². The zero-order valence-electron chi connectivity index (χ0n) is 27.1. The van der Waals surface area contributed by atoms with Crippen molar-refractivity contribution in [3.05, 3.63) is 130 Å². The fourth-order valence-electron chi connectivity index (χ4n) is 10.9. The van der Waals surface area contributed by atoms with E-state index in [1.54, 1.807) is 33.4 Å². The van der Waals surface area contributed by atoms with Gasteiger partial charge in [-0.25, -0.2) is 0 Å². The van der Waals surface area contributed by atoms with Crippen LogP contribution in [0.15, 0.2) is 113 Å². The molecule has 232 valence electrons. The molecule has 1 heterocycles. The van der Waals surface area contributed by atoms with Crippen LogP contribution in [0, 0.1) is 17.3 Å². The van der Waals surface area contributed by atoms with Crippen molar-refractivity contribution in [1.82, 2.24) is 16.0 Å². The third kappa shape index (κ3) is 4.41. The van der Waals surface area contributed by atoms with Crippen LogP contribution in [0.4, 0.5) is 0 Å².